The minimum Gasteiger partial charge on any atom is -0.395 e. The van der Waals surface area contributed by atoms with Crippen LogP contribution in [0.25, 0.3) is 0 Å². The SMILES string of the molecule is COC(CN)CC(=O)Nc1ccc(C(=O)NCCO)cc1. The number of aliphatic hydroxyl groups excluding tert-OH is 1. The van der Waals surface area contributed by atoms with Gasteiger partial charge in [-0.15, -0.1) is 0 Å². The molecule has 1 aromatic rings. The van der Waals surface area contributed by atoms with Gasteiger partial charge in [0.1, 0.15) is 0 Å². The van der Waals surface area contributed by atoms with Crippen LogP contribution < -0.4 is 16.4 Å². The van der Waals surface area contributed by atoms with E-state index in [9.17, 15) is 9.59 Å². The van der Waals surface area contributed by atoms with Gasteiger partial charge in [0.25, 0.3) is 5.91 Å². The number of nitrogens with two attached hydrogens (primary N) is 1. The zero-order valence-corrected chi connectivity index (χ0v) is 12.0. The molecule has 0 radical (unpaired) electrons. The van der Waals surface area contributed by atoms with Crippen LogP contribution >= 0.6 is 0 Å². The second-order valence-electron chi connectivity index (χ2n) is 4.40. The molecule has 7 nitrogen and oxygen atoms in total. The first-order valence-corrected chi connectivity index (χ1v) is 6.62. The molecule has 5 N–H and O–H groups in total. The number of anilines is 1. The number of aliphatic hydroxyl groups is 1. The second kappa shape index (κ2) is 9.06. The average Bonchev–Trinajstić information content (AvgIpc) is 2.50. The van der Waals surface area contributed by atoms with Gasteiger partial charge >= 0.3 is 0 Å². The molecule has 0 spiro atoms. The van der Waals surface area contributed by atoms with Crippen LogP contribution in [0.15, 0.2) is 24.3 Å². The fraction of sp³-hybridized carbons (Fsp3) is 0.429. The number of nitrogens with one attached hydrogen (secondary N) is 2. The smallest absolute Gasteiger partial charge is 0.251 e. The molecule has 0 aliphatic heterocycles. The molecular formula is C14H21N3O4. The van der Waals surface area contributed by atoms with Crippen LogP contribution in [0.1, 0.15) is 16.8 Å². The largest absolute Gasteiger partial charge is 0.395 e. The molecule has 2 amide bonds. The Balaban J connectivity index is 2.54. The molecule has 116 valence electrons. The van der Waals surface area contributed by atoms with Gasteiger partial charge in [0, 0.05) is 31.5 Å². The molecule has 7 heteroatoms. The zero-order valence-electron chi connectivity index (χ0n) is 12.0. The van der Waals surface area contributed by atoms with Crippen LogP contribution in [0.3, 0.4) is 0 Å². The number of amides is 2. The fourth-order valence-corrected chi connectivity index (χ4v) is 1.66. The van der Waals surface area contributed by atoms with Crippen molar-refractivity contribution in [2.24, 2.45) is 5.73 Å². The molecule has 0 aliphatic rings. The summed E-state index contributed by atoms with van der Waals surface area (Å²) in [6.07, 6.45) is -0.139. The van der Waals surface area contributed by atoms with Crippen molar-refractivity contribution in [3.05, 3.63) is 29.8 Å². The van der Waals surface area contributed by atoms with Gasteiger partial charge in [-0.2, -0.15) is 0 Å². The lowest BCUT2D eigenvalue weighted by atomic mass is 10.2. The maximum atomic E-state index is 11.7. The minimum absolute atomic E-state index is 0.109. The molecule has 1 rings (SSSR count). The highest BCUT2D eigenvalue weighted by molar-refractivity contribution is 5.95. The van der Waals surface area contributed by atoms with Gasteiger partial charge in [-0.05, 0) is 24.3 Å². The third-order valence-electron chi connectivity index (χ3n) is 2.84. The highest BCUT2D eigenvalue weighted by Crippen LogP contribution is 2.10. The predicted octanol–water partition coefficient (Wildman–Crippen LogP) is -0.289. The number of hydrogen-bond acceptors (Lipinski definition) is 5. The summed E-state index contributed by atoms with van der Waals surface area (Å²) in [6.45, 7) is 0.365. The van der Waals surface area contributed by atoms with Gasteiger partial charge in [0.2, 0.25) is 5.91 Å². The summed E-state index contributed by atoms with van der Waals surface area (Å²) in [5, 5.41) is 13.9. The molecule has 0 aliphatic carbocycles. The van der Waals surface area contributed by atoms with Gasteiger partial charge < -0.3 is 26.2 Å². The van der Waals surface area contributed by atoms with Crippen molar-refractivity contribution in [3.63, 3.8) is 0 Å². The summed E-state index contributed by atoms with van der Waals surface area (Å²) in [5.41, 5.74) is 6.50. The van der Waals surface area contributed by atoms with Crippen LogP contribution in [0.2, 0.25) is 0 Å². The number of methoxy groups -OCH3 is 1. The van der Waals surface area contributed by atoms with E-state index < -0.39 is 0 Å². The summed E-state index contributed by atoms with van der Waals surface area (Å²) < 4.78 is 5.04. The molecule has 0 fully saturated rings. The molecule has 0 saturated carbocycles. The number of carbonyl (C=O) groups excluding carboxylic acids is 2. The van der Waals surface area contributed by atoms with E-state index in [4.69, 9.17) is 15.6 Å². The molecule has 0 aromatic heterocycles. The van der Waals surface area contributed by atoms with E-state index in [0.29, 0.717) is 11.3 Å². The Hall–Kier alpha value is -1.96. The van der Waals surface area contributed by atoms with Crippen LogP contribution in [0, 0.1) is 0 Å². The van der Waals surface area contributed by atoms with Gasteiger partial charge in [-0.1, -0.05) is 0 Å². The Morgan fingerprint density at radius 1 is 1.33 bits per heavy atom. The number of carbonyl (C=O) groups is 2. The van der Waals surface area contributed by atoms with Crippen molar-refractivity contribution in [1.29, 1.82) is 0 Å². The highest BCUT2D eigenvalue weighted by atomic mass is 16.5. The van der Waals surface area contributed by atoms with Crippen molar-refractivity contribution in [2.45, 2.75) is 12.5 Å². The fourth-order valence-electron chi connectivity index (χ4n) is 1.66. The Morgan fingerprint density at radius 3 is 2.52 bits per heavy atom. The number of hydrogen-bond donors (Lipinski definition) is 4. The lowest BCUT2D eigenvalue weighted by Gasteiger charge is -2.12. The summed E-state index contributed by atoms with van der Waals surface area (Å²) in [5.74, 6) is -0.478. The monoisotopic (exact) mass is 295 g/mol. The van der Waals surface area contributed by atoms with E-state index in [-0.39, 0.29) is 44.0 Å². The third-order valence-corrected chi connectivity index (χ3v) is 2.84. The summed E-state index contributed by atoms with van der Waals surface area (Å²) >= 11 is 0. The first-order valence-electron chi connectivity index (χ1n) is 6.62. The van der Waals surface area contributed by atoms with Crippen LogP contribution in [-0.4, -0.2) is 49.8 Å². The molecule has 0 heterocycles. The zero-order chi connectivity index (χ0) is 15.7. The molecule has 0 bridgehead atoms. The topological polar surface area (TPSA) is 114 Å². The maximum absolute atomic E-state index is 11.7. The predicted molar refractivity (Wildman–Crippen MR) is 79.0 cm³/mol. The Labute approximate surface area is 123 Å². The summed E-state index contributed by atoms with van der Waals surface area (Å²) in [7, 11) is 1.50. The standard InChI is InChI=1S/C14H21N3O4/c1-21-12(9-15)8-13(19)17-11-4-2-10(3-5-11)14(20)16-6-7-18/h2-5,12,18H,6-9,15H2,1H3,(H,16,20)(H,17,19). The van der Waals surface area contributed by atoms with Crippen molar-refractivity contribution >= 4 is 17.5 Å². The lowest BCUT2D eigenvalue weighted by molar-refractivity contribution is -0.118. The van der Waals surface area contributed by atoms with Gasteiger partial charge in [-0.3, -0.25) is 9.59 Å². The maximum Gasteiger partial charge on any atom is 0.251 e. The third kappa shape index (κ3) is 5.90. The lowest BCUT2D eigenvalue weighted by Crippen LogP contribution is -2.28. The van der Waals surface area contributed by atoms with Crippen LogP contribution in [0.4, 0.5) is 5.69 Å². The first kappa shape index (κ1) is 17.1. The van der Waals surface area contributed by atoms with Crippen molar-refractivity contribution in [1.82, 2.24) is 5.32 Å². The van der Waals surface area contributed by atoms with E-state index in [2.05, 4.69) is 10.6 Å². The molecular weight excluding hydrogens is 274 g/mol. The van der Waals surface area contributed by atoms with Gasteiger partial charge in [0.05, 0.1) is 19.1 Å². The molecule has 1 unspecified atom stereocenters. The van der Waals surface area contributed by atoms with E-state index >= 15 is 0 Å². The van der Waals surface area contributed by atoms with E-state index in [1.165, 1.54) is 7.11 Å². The Morgan fingerprint density at radius 2 is 2.00 bits per heavy atom. The Kier molecular flexibility index (Phi) is 7.38. The Bertz CT molecular complexity index is 458. The normalized spacial score (nSPS) is 11.8. The van der Waals surface area contributed by atoms with E-state index in [0.717, 1.165) is 0 Å². The highest BCUT2D eigenvalue weighted by Gasteiger charge is 2.12. The van der Waals surface area contributed by atoms with Crippen LogP contribution in [-0.2, 0) is 9.53 Å². The second-order valence-corrected chi connectivity index (χ2v) is 4.40. The quantitative estimate of drug-likeness (QED) is 0.526. The first-order chi connectivity index (χ1) is 10.1. The van der Waals surface area contributed by atoms with E-state index in [1.54, 1.807) is 24.3 Å². The number of benzene rings is 1. The van der Waals surface area contributed by atoms with Crippen molar-refractivity contribution in [3.8, 4) is 0 Å². The molecule has 21 heavy (non-hydrogen) atoms. The van der Waals surface area contributed by atoms with E-state index in [1.807, 2.05) is 0 Å². The number of rotatable bonds is 8. The minimum atomic E-state index is -0.312. The van der Waals surface area contributed by atoms with Crippen LogP contribution in [0.5, 0.6) is 0 Å². The van der Waals surface area contributed by atoms with Gasteiger partial charge in [-0.25, -0.2) is 0 Å². The molecule has 1 atom stereocenters. The average molecular weight is 295 g/mol. The van der Waals surface area contributed by atoms with Crippen molar-refractivity contribution < 1.29 is 19.4 Å². The summed E-state index contributed by atoms with van der Waals surface area (Å²) in [6, 6.07) is 6.46. The van der Waals surface area contributed by atoms with Gasteiger partial charge in [0.15, 0.2) is 0 Å². The van der Waals surface area contributed by atoms with Crippen molar-refractivity contribution in [2.75, 3.05) is 32.1 Å². The number of ether oxygens (including phenoxy) is 1. The molecule has 1 aromatic carbocycles. The molecule has 0 saturated heterocycles. The summed E-state index contributed by atoms with van der Waals surface area (Å²) in [4.78, 5) is 23.4.